The van der Waals surface area contributed by atoms with Crippen molar-refractivity contribution in [1.29, 1.82) is 0 Å². The second-order valence-electron chi connectivity index (χ2n) is 23.0. The second-order valence-corrected chi connectivity index (χ2v) is 23.9. The molecular formula is C84H57BBrN3. The number of nitrogens with one attached hydrogen (secondary N) is 1. The van der Waals surface area contributed by atoms with Crippen LogP contribution in [0.4, 0.5) is 0 Å². The summed E-state index contributed by atoms with van der Waals surface area (Å²) in [6.07, 6.45) is 0. The Balaban J connectivity index is 0.000000123. The van der Waals surface area contributed by atoms with Crippen LogP contribution in [0.1, 0.15) is 0 Å². The van der Waals surface area contributed by atoms with Crippen LogP contribution in [0.15, 0.2) is 344 Å². The third-order valence-electron chi connectivity index (χ3n) is 17.7. The van der Waals surface area contributed by atoms with Gasteiger partial charge in [0.2, 0.25) is 6.71 Å². The van der Waals surface area contributed by atoms with Crippen LogP contribution < -0.4 is 16.4 Å². The van der Waals surface area contributed by atoms with Gasteiger partial charge in [0, 0.05) is 59.2 Å². The highest BCUT2D eigenvalue weighted by Crippen LogP contribution is 2.40. The van der Waals surface area contributed by atoms with E-state index < -0.39 is 0 Å². The summed E-state index contributed by atoms with van der Waals surface area (Å²) >= 11 is 3.42. The maximum absolute atomic E-state index is 3.69. The van der Waals surface area contributed by atoms with E-state index >= 15 is 0 Å². The van der Waals surface area contributed by atoms with Gasteiger partial charge in [0.1, 0.15) is 0 Å². The molecule has 18 rings (SSSR count). The lowest BCUT2D eigenvalue weighted by Gasteiger charge is -2.14. The molecule has 0 fully saturated rings. The number of rotatable bonds is 7. The van der Waals surface area contributed by atoms with Crippen molar-refractivity contribution < 1.29 is 0 Å². The molecule has 0 unspecified atom stereocenters. The van der Waals surface area contributed by atoms with Gasteiger partial charge in [0.15, 0.2) is 0 Å². The van der Waals surface area contributed by atoms with Gasteiger partial charge in [-0.1, -0.05) is 293 Å². The first kappa shape index (κ1) is 53.5. The van der Waals surface area contributed by atoms with Crippen LogP contribution in [-0.2, 0) is 0 Å². The molecule has 17 aromatic rings. The Hall–Kier alpha value is -11.0. The van der Waals surface area contributed by atoms with Crippen LogP contribution in [0, 0.1) is 0 Å². The van der Waals surface area contributed by atoms with E-state index in [0.29, 0.717) is 0 Å². The van der Waals surface area contributed by atoms with E-state index in [1.54, 1.807) is 0 Å². The SMILES string of the molecule is Brc1ccc(-c2ccccc2)cc1.c1ccc(-c2ccc(B3c4cc(-c5ccccc5)ccc4-c4cc5c6ccccc6n(-c6ccccc6)c5cc43)cc2)cc1.c1ccc(-c2ccc3c(c2)[nH]c2cc4c(cc23)c2ccccc2n4-c2ccccc2)cc1. The third-order valence-corrected chi connectivity index (χ3v) is 18.3. The summed E-state index contributed by atoms with van der Waals surface area (Å²) in [5.41, 5.74) is 26.3. The average molecular weight is 1200 g/mol. The Morgan fingerprint density at radius 1 is 0.247 bits per heavy atom. The molecule has 1 aliphatic rings. The molecule has 3 aromatic heterocycles. The Labute approximate surface area is 526 Å². The van der Waals surface area contributed by atoms with Crippen LogP contribution in [0.3, 0.4) is 0 Å². The number of fused-ring (bicyclic) bond motifs is 12. The molecule has 89 heavy (non-hydrogen) atoms. The Morgan fingerprint density at radius 2 is 0.640 bits per heavy atom. The van der Waals surface area contributed by atoms with Gasteiger partial charge in [0.05, 0.1) is 22.1 Å². The van der Waals surface area contributed by atoms with Crippen LogP contribution in [0.25, 0.3) is 132 Å². The largest absolute Gasteiger partial charge is 0.354 e. The number of H-pyrrole nitrogens is 1. The number of aromatic amines is 1. The fourth-order valence-corrected chi connectivity index (χ4v) is 13.8. The normalized spacial score (nSPS) is 11.6. The summed E-state index contributed by atoms with van der Waals surface area (Å²) in [5.74, 6) is 0. The third kappa shape index (κ3) is 9.92. The first-order chi connectivity index (χ1) is 44.1. The lowest BCUT2D eigenvalue weighted by atomic mass is 9.39. The highest BCUT2D eigenvalue weighted by Gasteiger charge is 2.35. The first-order valence-corrected chi connectivity index (χ1v) is 31.2. The van der Waals surface area contributed by atoms with Crippen molar-refractivity contribution >= 4 is 104 Å². The molecular weight excluding hydrogens is 1140 g/mol. The molecule has 14 aromatic carbocycles. The molecule has 0 saturated heterocycles. The number of hydrogen-bond donors (Lipinski definition) is 1. The zero-order valence-electron chi connectivity index (χ0n) is 48.7. The summed E-state index contributed by atoms with van der Waals surface area (Å²) in [6.45, 7) is 0.139. The first-order valence-electron chi connectivity index (χ1n) is 30.4. The number of halogens is 1. The molecule has 4 heterocycles. The Bertz CT molecular complexity index is 5390. The van der Waals surface area contributed by atoms with E-state index in [0.717, 1.165) is 9.99 Å². The van der Waals surface area contributed by atoms with Crippen LogP contribution in [-0.4, -0.2) is 20.8 Å². The van der Waals surface area contributed by atoms with E-state index in [4.69, 9.17) is 0 Å². The standard InChI is InChI=1S/C42H28BN.C30H20N2.C12H9Br/c1-4-12-29(13-5-1)31-20-23-33(24-21-31)43-39-26-32(30-14-6-2-7-15-30)22-25-35(39)37-27-38-36-18-10-11-19-41(36)44(42(38)28-40(37)43)34-16-8-3-9-17-34;1-3-9-20(10-4-1)21-15-16-23-25-18-26-24-13-7-8-14-29(24)32(22-11-5-2-6-12-22)30(26)19-28(25)31-27(23)17-21;13-12-8-6-11(7-9-12)10-4-2-1-3-5-10/h1-28H;1-19,31H;1-9H. The molecule has 5 heteroatoms. The van der Waals surface area contributed by atoms with Gasteiger partial charge in [-0.25, -0.2) is 0 Å². The highest BCUT2D eigenvalue weighted by molar-refractivity contribution is 9.10. The van der Waals surface area contributed by atoms with Gasteiger partial charge in [-0.05, 0) is 134 Å². The molecule has 0 aliphatic carbocycles. The van der Waals surface area contributed by atoms with Crippen molar-refractivity contribution in [2.75, 3.05) is 0 Å². The van der Waals surface area contributed by atoms with E-state index in [9.17, 15) is 0 Å². The Morgan fingerprint density at radius 3 is 1.18 bits per heavy atom. The summed E-state index contributed by atoms with van der Waals surface area (Å²) < 4.78 is 5.91. The minimum absolute atomic E-state index is 0.139. The lowest BCUT2D eigenvalue weighted by Crippen LogP contribution is -2.48. The quantitative estimate of drug-likeness (QED) is 0.154. The zero-order chi connectivity index (χ0) is 59.2. The monoisotopic (exact) mass is 1200 g/mol. The average Bonchev–Trinajstić information content (AvgIpc) is 1.60. The fraction of sp³-hybridized carbons (Fsp3) is 0. The van der Waals surface area contributed by atoms with Gasteiger partial charge in [-0.2, -0.15) is 0 Å². The summed E-state index contributed by atoms with van der Waals surface area (Å²) in [7, 11) is 0. The van der Waals surface area contributed by atoms with Crippen LogP contribution in [0.2, 0.25) is 0 Å². The van der Waals surface area contributed by atoms with E-state index in [-0.39, 0.29) is 6.71 Å². The lowest BCUT2D eigenvalue weighted by molar-refractivity contribution is 1.18. The molecule has 0 atom stereocenters. The fourth-order valence-electron chi connectivity index (χ4n) is 13.5. The molecule has 0 saturated carbocycles. The molecule has 3 nitrogen and oxygen atoms in total. The van der Waals surface area contributed by atoms with E-state index in [1.807, 2.05) is 6.07 Å². The van der Waals surface area contributed by atoms with E-state index in [2.05, 4.69) is 364 Å². The van der Waals surface area contributed by atoms with Gasteiger partial charge in [0.25, 0.3) is 0 Å². The summed E-state index contributed by atoms with van der Waals surface area (Å²) in [6, 6.07) is 122. The maximum Gasteiger partial charge on any atom is 0.242 e. The summed E-state index contributed by atoms with van der Waals surface area (Å²) in [5, 5.41) is 7.67. The number of para-hydroxylation sites is 4. The van der Waals surface area contributed by atoms with Gasteiger partial charge < -0.3 is 14.1 Å². The van der Waals surface area contributed by atoms with Gasteiger partial charge in [-0.15, -0.1) is 0 Å². The van der Waals surface area contributed by atoms with Crippen molar-refractivity contribution in [3.05, 3.63) is 344 Å². The second kappa shape index (κ2) is 23.0. The smallest absolute Gasteiger partial charge is 0.242 e. The minimum atomic E-state index is 0.139. The van der Waals surface area contributed by atoms with Crippen molar-refractivity contribution in [1.82, 2.24) is 14.1 Å². The number of hydrogen-bond acceptors (Lipinski definition) is 0. The van der Waals surface area contributed by atoms with Gasteiger partial charge in [-0.3, -0.25) is 0 Å². The van der Waals surface area contributed by atoms with Crippen molar-refractivity contribution in [2.45, 2.75) is 0 Å². The molecule has 0 spiro atoms. The topological polar surface area (TPSA) is 25.6 Å². The zero-order valence-corrected chi connectivity index (χ0v) is 50.3. The molecule has 0 radical (unpaired) electrons. The van der Waals surface area contributed by atoms with Crippen molar-refractivity contribution in [2.24, 2.45) is 0 Å². The van der Waals surface area contributed by atoms with Gasteiger partial charge >= 0.3 is 0 Å². The molecule has 418 valence electrons. The van der Waals surface area contributed by atoms with Crippen molar-refractivity contribution in [3.63, 3.8) is 0 Å². The highest BCUT2D eigenvalue weighted by atomic mass is 79.9. The minimum Gasteiger partial charge on any atom is -0.354 e. The molecule has 0 bridgehead atoms. The van der Waals surface area contributed by atoms with E-state index in [1.165, 1.54) is 143 Å². The summed E-state index contributed by atoms with van der Waals surface area (Å²) in [4.78, 5) is 3.69. The number of nitrogens with zero attached hydrogens (tertiary/aromatic N) is 2. The number of benzene rings is 14. The van der Waals surface area contributed by atoms with Crippen LogP contribution in [0.5, 0.6) is 0 Å². The predicted molar refractivity (Wildman–Crippen MR) is 383 cm³/mol. The van der Waals surface area contributed by atoms with Crippen molar-refractivity contribution in [3.8, 4) is 67.0 Å². The molecule has 0 amide bonds. The molecule has 1 N–H and O–H groups in total. The molecule has 1 aliphatic heterocycles. The Kier molecular flexibility index (Phi) is 13.8. The maximum atomic E-state index is 3.69. The number of aromatic nitrogens is 3. The predicted octanol–water partition coefficient (Wildman–Crippen LogP) is 20.8. The van der Waals surface area contributed by atoms with Crippen LogP contribution >= 0.6 is 15.9 Å².